The van der Waals surface area contributed by atoms with Gasteiger partial charge in [0.1, 0.15) is 26.4 Å². The van der Waals surface area contributed by atoms with Gasteiger partial charge >= 0.3 is 0 Å². The second-order valence-electron chi connectivity index (χ2n) is 13.3. The normalized spacial score (nSPS) is 17.2. The van der Waals surface area contributed by atoms with Gasteiger partial charge < -0.3 is 28.4 Å². The molecule has 6 nitrogen and oxygen atoms in total. The fourth-order valence-electron chi connectivity index (χ4n) is 7.22. The summed E-state index contributed by atoms with van der Waals surface area (Å²) in [5, 5.41) is 4.58. The number of benzene rings is 5. The molecule has 0 atom stereocenters. The van der Waals surface area contributed by atoms with Crippen LogP contribution in [0.1, 0.15) is 86.5 Å². The molecule has 248 valence electrons. The lowest BCUT2D eigenvalue weighted by Gasteiger charge is -2.29. The molecule has 3 heterocycles. The van der Waals surface area contributed by atoms with Crippen LogP contribution < -0.4 is 28.4 Å². The maximum absolute atomic E-state index is 6.75. The van der Waals surface area contributed by atoms with Crippen molar-refractivity contribution in [2.75, 3.05) is 13.2 Å². The maximum atomic E-state index is 6.75. The van der Waals surface area contributed by atoms with Crippen molar-refractivity contribution >= 4 is 21.5 Å². The molecular formula is C42H44O6. The van der Waals surface area contributed by atoms with Crippen molar-refractivity contribution in [3.63, 3.8) is 0 Å². The highest BCUT2D eigenvalue weighted by Crippen LogP contribution is 2.53. The predicted molar refractivity (Wildman–Crippen MR) is 189 cm³/mol. The van der Waals surface area contributed by atoms with Crippen LogP contribution in [0.15, 0.2) is 72.8 Å². The van der Waals surface area contributed by atoms with Gasteiger partial charge in [0, 0.05) is 11.1 Å². The molecule has 5 aromatic rings. The van der Waals surface area contributed by atoms with E-state index in [1.54, 1.807) is 0 Å². The average Bonchev–Trinajstić information content (AvgIpc) is 3.09. The van der Waals surface area contributed by atoms with Crippen molar-refractivity contribution in [3.05, 3.63) is 95.1 Å². The average molecular weight is 645 g/mol. The number of rotatable bonds is 0. The molecule has 0 saturated carbocycles. The molecule has 0 saturated heterocycles. The number of hydrogen-bond acceptors (Lipinski definition) is 6. The molecule has 0 amide bonds. The van der Waals surface area contributed by atoms with E-state index in [4.69, 9.17) is 28.4 Å². The summed E-state index contributed by atoms with van der Waals surface area (Å²) >= 11 is 0. The monoisotopic (exact) mass is 644 g/mol. The summed E-state index contributed by atoms with van der Waals surface area (Å²) < 4.78 is 40.0. The first-order chi connectivity index (χ1) is 23.8. The van der Waals surface area contributed by atoms with Crippen LogP contribution in [-0.4, -0.2) is 13.2 Å². The molecule has 0 fully saturated rings. The van der Waals surface area contributed by atoms with Crippen LogP contribution >= 0.6 is 0 Å². The van der Waals surface area contributed by atoms with Crippen LogP contribution in [0, 0.1) is 0 Å². The first-order valence-corrected chi connectivity index (χ1v) is 17.8. The summed E-state index contributed by atoms with van der Waals surface area (Å²) in [5.41, 5.74) is 4.00. The van der Waals surface area contributed by atoms with Crippen molar-refractivity contribution < 1.29 is 28.4 Å². The third kappa shape index (κ3) is 6.45. The molecule has 5 aromatic carbocycles. The van der Waals surface area contributed by atoms with E-state index in [0.717, 1.165) is 58.7 Å². The van der Waals surface area contributed by atoms with E-state index >= 15 is 0 Å². The lowest BCUT2D eigenvalue weighted by molar-refractivity contribution is 0.187. The first-order valence-electron chi connectivity index (χ1n) is 17.8. The Morgan fingerprint density at radius 3 is 1.12 bits per heavy atom. The van der Waals surface area contributed by atoms with E-state index in [9.17, 15) is 0 Å². The Hall–Kier alpha value is -4.58. The number of hydrogen-bond donors (Lipinski definition) is 0. The summed E-state index contributed by atoms with van der Waals surface area (Å²) in [6.45, 7) is 2.58. The molecule has 3 aliphatic heterocycles. The highest BCUT2D eigenvalue weighted by molar-refractivity contribution is 5.86. The van der Waals surface area contributed by atoms with Crippen LogP contribution in [0.5, 0.6) is 34.5 Å². The summed E-state index contributed by atoms with van der Waals surface area (Å²) in [7, 11) is 0. The largest absolute Gasteiger partial charge is 0.489 e. The summed E-state index contributed by atoms with van der Waals surface area (Å²) in [6.07, 6.45) is 11.9. The molecule has 3 aliphatic rings. The highest BCUT2D eigenvalue weighted by atomic mass is 16.6. The van der Waals surface area contributed by atoms with Gasteiger partial charge in [0.25, 0.3) is 0 Å². The first kappa shape index (κ1) is 30.7. The zero-order chi connectivity index (χ0) is 32.1. The highest BCUT2D eigenvalue weighted by Gasteiger charge is 2.32. The molecule has 0 aliphatic carbocycles. The molecule has 0 spiro atoms. The lowest BCUT2D eigenvalue weighted by atomic mass is 10.00. The van der Waals surface area contributed by atoms with Gasteiger partial charge in [-0.3, -0.25) is 0 Å². The van der Waals surface area contributed by atoms with Crippen LogP contribution in [0.3, 0.4) is 0 Å². The lowest BCUT2D eigenvalue weighted by Crippen LogP contribution is -2.18. The van der Waals surface area contributed by atoms with Gasteiger partial charge in [-0.05, 0) is 69.8 Å². The maximum Gasteiger partial charge on any atom is 0.208 e. The summed E-state index contributed by atoms with van der Waals surface area (Å²) in [5.74, 6) is 3.95. The Bertz CT molecular complexity index is 1660. The topological polar surface area (TPSA) is 55.4 Å². The fraction of sp³-hybridized carbons (Fsp3) is 0.381. The minimum Gasteiger partial charge on any atom is -0.489 e. The third-order valence-corrected chi connectivity index (χ3v) is 9.93. The van der Waals surface area contributed by atoms with Gasteiger partial charge in [0.05, 0.1) is 13.2 Å². The van der Waals surface area contributed by atoms with Crippen molar-refractivity contribution in [1.29, 1.82) is 0 Å². The van der Waals surface area contributed by atoms with Crippen molar-refractivity contribution in [1.82, 2.24) is 0 Å². The minimum absolute atomic E-state index is 0.299. The van der Waals surface area contributed by atoms with Gasteiger partial charge in [0.2, 0.25) is 11.5 Å². The molecule has 8 rings (SSSR count). The minimum atomic E-state index is 0.299. The van der Waals surface area contributed by atoms with Crippen molar-refractivity contribution in [2.45, 2.75) is 90.6 Å². The molecule has 2 bridgehead atoms. The van der Waals surface area contributed by atoms with Gasteiger partial charge in [-0.1, -0.05) is 99.9 Å². The van der Waals surface area contributed by atoms with Crippen molar-refractivity contribution in [3.8, 4) is 34.5 Å². The van der Waals surface area contributed by atoms with E-state index in [0.29, 0.717) is 74.1 Å². The number of ether oxygens (including phenoxy) is 6. The third-order valence-electron chi connectivity index (χ3n) is 9.93. The van der Waals surface area contributed by atoms with Crippen LogP contribution in [0.4, 0.5) is 0 Å². The van der Waals surface area contributed by atoms with Crippen LogP contribution in [0.2, 0.25) is 0 Å². The Kier molecular flexibility index (Phi) is 9.14. The zero-order valence-corrected chi connectivity index (χ0v) is 27.7. The summed E-state index contributed by atoms with van der Waals surface area (Å²) in [6, 6.07) is 25.3. The Balaban J connectivity index is 1.21. The standard InChI is InChI=1S/C42H44O6/c1-2-4-6-8-14-20-44-40-36-28-46-38-24-32-18-12-11-17-31(32)23-37(38)45-27-35(36)39(43-19-13-7-5-3-1)41-42(40)48-26-34-22-30-16-10-9-15-29(30)21-33(34)25-47-41/h9-12,15-18,21-24H,1-8,13-14,19-20,25-28H2. The predicted octanol–water partition coefficient (Wildman–Crippen LogP) is 10.6. The second-order valence-corrected chi connectivity index (χ2v) is 13.3. The smallest absolute Gasteiger partial charge is 0.208 e. The Labute approximate surface area is 282 Å². The molecule has 0 N–H and O–H groups in total. The zero-order valence-electron chi connectivity index (χ0n) is 27.7. The van der Waals surface area contributed by atoms with Gasteiger partial charge in [-0.25, -0.2) is 0 Å². The van der Waals surface area contributed by atoms with Gasteiger partial charge in [-0.2, -0.15) is 0 Å². The van der Waals surface area contributed by atoms with E-state index in [2.05, 4.69) is 60.7 Å². The van der Waals surface area contributed by atoms with E-state index in [1.807, 2.05) is 12.1 Å². The molecule has 48 heavy (non-hydrogen) atoms. The molecule has 6 heteroatoms. The summed E-state index contributed by atoms with van der Waals surface area (Å²) in [4.78, 5) is 0. The van der Waals surface area contributed by atoms with E-state index < -0.39 is 0 Å². The molecular weight excluding hydrogens is 600 g/mol. The Morgan fingerprint density at radius 1 is 0.333 bits per heavy atom. The molecule has 0 radical (unpaired) electrons. The Morgan fingerprint density at radius 2 is 0.708 bits per heavy atom. The van der Waals surface area contributed by atoms with E-state index in [1.165, 1.54) is 49.3 Å². The molecule has 0 unspecified atom stereocenters. The van der Waals surface area contributed by atoms with Crippen molar-refractivity contribution in [2.24, 2.45) is 0 Å². The van der Waals surface area contributed by atoms with E-state index in [-0.39, 0.29) is 0 Å². The van der Waals surface area contributed by atoms with Crippen LogP contribution in [-0.2, 0) is 26.4 Å². The SMILES string of the molecule is c1ccc2cc3c(cc2c1)COc1c2c4c(c(c1OC3)OCCCCCCCCCCCCO2)COc1cc2ccccc2cc1OC4. The quantitative estimate of drug-likeness (QED) is 0.167. The second kappa shape index (κ2) is 14.3. The van der Waals surface area contributed by atoms with Gasteiger partial charge in [0.15, 0.2) is 23.0 Å². The van der Waals surface area contributed by atoms with Gasteiger partial charge in [-0.15, -0.1) is 0 Å². The fourth-order valence-corrected chi connectivity index (χ4v) is 7.22. The van der Waals surface area contributed by atoms with Crippen LogP contribution in [0.25, 0.3) is 21.5 Å². The molecule has 0 aromatic heterocycles. The number of fused-ring (bicyclic) bond motifs is 7.